The number of carbonyl (C=O) groups excluding carboxylic acids is 1. The van der Waals surface area contributed by atoms with Crippen molar-refractivity contribution in [3.8, 4) is 5.75 Å². The molecule has 2 aromatic carbocycles. The average Bonchev–Trinajstić information content (AvgIpc) is 3.04. The van der Waals surface area contributed by atoms with E-state index >= 15 is 0 Å². The minimum absolute atomic E-state index is 0.0750. The summed E-state index contributed by atoms with van der Waals surface area (Å²) in [5.41, 5.74) is 10.1. The van der Waals surface area contributed by atoms with Crippen molar-refractivity contribution in [2.75, 3.05) is 6.61 Å². The van der Waals surface area contributed by atoms with Crippen LogP contribution in [-0.4, -0.2) is 17.5 Å². The third-order valence-corrected chi connectivity index (χ3v) is 4.59. The molecule has 0 saturated carbocycles. The molecular formula is C21H24N2O2. The van der Waals surface area contributed by atoms with Gasteiger partial charge in [0.05, 0.1) is 6.61 Å². The number of aromatic nitrogens is 1. The van der Waals surface area contributed by atoms with Crippen LogP contribution >= 0.6 is 0 Å². The Morgan fingerprint density at radius 1 is 1.16 bits per heavy atom. The predicted molar refractivity (Wildman–Crippen MR) is 101 cm³/mol. The van der Waals surface area contributed by atoms with Gasteiger partial charge in [0.15, 0.2) is 0 Å². The summed E-state index contributed by atoms with van der Waals surface area (Å²) < 4.78 is 5.52. The number of fused-ring (bicyclic) bond motifs is 1. The molecule has 25 heavy (non-hydrogen) atoms. The molecule has 3 aromatic rings. The lowest BCUT2D eigenvalue weighted by Crippen LogP contribution is -2.16. The van der Waals surface area contributed by atoms with Crippen LogP contribution in [0.15, 0.2) is 48.7 Å². The normalized spacial score (nSPS) is 12.2. The van der Waals surface area contributed by atoms with Crippen molar-refractivity contribution in [3.05, 3.63) is 65.4 Å². The number of rotatable bonds is 7. The highest BCUT2D eigenvalue weighted by Gasteiger charge is 2.21. The first-order valence-corrected chi connectivity index (χ1v) is 8.74. The van der Waals surface area contributed by atoms with E-state index in [1.807, 2.05) is 37.4 Å². The minimum atomic E-state index is -0.306. The van der Waals surface area contributed by atoms with E-state index in [2.05, 4.69) is 30.1 Å². The van der Waals surface area contributed by atoms with E-state index in [4.69, 9.17) is 10.5 Å². The molecule has 130 valence electrons. The zero-order valence-corrected chi connectivity index (χ0v) is 14.7. The van der Waals surface area contributed by atoms with Crippen LogP contribution in [0, 0.1) is 0 Å². The van der Waals surface area contributed by atoms with E-state index in [0.717, 1.165) is 34.2 Å². The summed E-state index contributed by atoms with van der Waals surface area (Å²) in [5.74, 6) is 0.449. The zero-order valence-electron chi connectivity index (χ0n) is 14.7. The van der Waals surface area contributed by atoms with Crippen molar-refractivity contribution < 1.29 is 9.53 Å². The van der Waals surface area contributed by atoms with Crippen LogP contribution in [0.4, 0.5) is 0 Å². The van der Waals surface area contributed by atoms with Crippen LogP contribution in [0.5, 0.6) is 5.75 Å². The second kappa shape index (κ2) is 7.43. The minimum Gasteiger partial charge on any atom is -0.494 e. The topological polar surface area (TPSA) is 68.1 Å². The number of nitrogens with one attached hydrogen (secondary N) is 1. The van der Waals surface area contributed by atoms with E-state index in [-0.39, 0.29) is 18.2 Å². The van der Waals surface area contributed by atoms with Gasteiger partial charge in [-0.25, -0.2) is 0 Å². The molecule has 4 heteroatoms. The largest absolute Gasteiger partial charge is 0.494 e. The SMILES string of the molecule is CCOc1ccc([C@H](CC(N)=O)c2c[nH]c3c(CC)cccc23)cc1. The Bertz CT molecular complexity index is 865. The molecule has 0 fully saturated rings. The maximum atomic E-state index is 11.7. The van der Waals surface area contributed by atoms with Gasteiger partial charge in [-0.2, -0.15) is 0 Å². The zero-order chi connectivity index (χ0) is 17.8. The van der Waals surface area contributed by atoms with E-state index in [1.165, 1.54) is 5.56 Å². The van der Waals surface area contributed by atoms with Gasteiger partial charge in [0.2, 0.25) is 5.91 Å². The van der Waals surface area contributed by atoms with E-state index in [1.54, 1.807) is 0 Å². The van der Waals surface area contributed by atoms with Crippen molar-refractivity contribution in [3.63, 3.8) is 0 Å². The standard InChI is InChI=1S/C21H24N2O2/c1-3-14-6-5-7-17-19(13-23-21(14)17)18(12-20(22)24)15-8-10-16(11-9-15)25-4-2/h5-11,13,18,23H,3-4,12H2,1-2H3,(H2,22,24)/t18-/m0/s1. The van der Waals surface area contributed by atoms with Crippen molar-refractivity contribution in [2.24, 2.45) is 5.73 Å². The first kappa shape index (κ1) is 17.1. The van der Waals surface area contributed by atoms with Crippen LogP contribution in [0.25, 0.3) is 10.9 Å². The number of nitrogens with two attached hydrogens (primary N) is 1. The number of ether oxygens (including phenoxy) is 1. The smallest absolute Gasteiger partial charge is 0.218 e. The number of benzene rings is 2. The molecular weight excluding hydrogens is 312 g/mol. The maximum absolute atomic E-state index is 11.7. The molecule has 0 aliphatic carbocycles. The van der Waals surface area contributed by atoms with Crippen molar-refractivity contribution >= 4 is 16.8 Å². The van der Waals surface area contributed by atoms with Gasteiger partial charge in [-0.15, -0.1) is 0 Å². The van der Waals surface area contributed by atoms with Gasteiger partial charge >= 0.3 is 0 Å². The van der Waals surface area contributed by atoms with E-state index < -0.39 is 0 Å². The molecule has 1 amide bonds. The predicted octanol–water partition coefficient (Wildman–Crippen LogP) is 4.14. The quantitative estimate of drug-likeness (QED) is 0.681. The Morgan fingerprint density at radius 2 is 1.92 bits per heavy atom. The fourth-order valence-electron chi connectivity index (χ4n) is 3.39. The molecule has 0 saturated heterocycles. The Morgan fingerprint density at radius 3 is 2.56 bits per heavy atom. The van der Waals surface area contributed by atoms with Crippen LogP contribution < -0.4 is 10.5 Å². The lowest BCUT2D eigenvalue weighted by Gasteiger charge is -2.16. The second-order valence-corrected chi connectivity index (χ2v) is 6.16. The fourth-order valence-corrected chi connectivity index (χ4v) is 3.39. The average molecular weight is 336 g/mol. The summed E-state index contributed by atoms with van der Waals surface area (Å²) >= 11 is 0. The summed E-state index contributed by atoms with van der Waals surface area (Å²) in [6.07, 6.45) is 3.24. The van der Waals surface area contributed by atoms with Crippen LogP contribution in [0.1, 0.15) is 42.9 Å². The molecule has 1 heterocycles. The summed E-state index contributed by atoms with van der Waals surface area (Å²) in [5, 5.41) is 1.15. The van der Waals surface area contributed by atoms with Gasteiger partial charge < -0.3 is 15.5 Å². The first-order chi connectivity index (χ1) is 12.1. The van der Waals surface area contributed by atoms with Crippen LogP contribution in [0.2, 0.25) is 0 Å². The highest BCUT2D eigenvalue weighted by Crippen LogP contribution is 2.35. The van der Waals surface area contributed by atoms with Crippen LogP contribution in [0.3, 0.4) is 0 Å². The van der Waals surface area contributed by atoms with Crippen molar-refractivity contribution in [2.45, 2.75) is 32.6 Å². The molecule has 1 aromatic heterocycles. The molecule has 0 unspecified atom stereocenters. The summed E-state index contributed by atoms with van der Waals surface area (Å²) in [7, 11) is 0. The maximum Gasteiger partial charge on any atom is 0.218 e. The number of aryl methyl sites for hydroxylation is 1. The third-order valence-electron chi connectivity index (χ3n) is 4.59. The fraction of sp³-hybridized carbons (Fsp3) is 0.286. The number of carbonyl (C=O) groups is 1. The number of amides is 1. The lowest BCUT2D eigenvalue weighted by molar-refractivity contribution is -0.118. The molecule has 0 radical (unpaired) electrons. The first-order valence-electron chi connectivity index (χ1n) is 8.74. The molecule has 0 aliphatic rings. The molecule has 1 atom stereocenters. The highest BCUT2D eigenvalue weighted by atomic mass is 16.5. The molecule has 0 bridgehead atoms. The lowest BCUT2D eigenvalue weighted by atomic mass is 9.87. The summed E-state index contributed by atoms with van der Waals surface area (Å²) in [6, 6.07) is 14.2. The molecule has 3 N–H and O–H groups in total. The number of para-hydroxylation sites is 1. The Balaban J connectivity index is 2.05. The summed E-state index contributed by atoms with van der Waals surface area (Å²) in [4.78, 5) is 15.1. The van der Waals surface area contributed by atoms with Crippen molar-refractivity contribution in [1.82, 2.24) is 4.98 Å². The van der Waals surface area contributed by atoms with Gasteiger partial charge in [-0.3, -0.25) is 4.79 Å². The molecule has 0 aliphatic heterocycles. The molecule has 4 nitrogen and oxygen atoms in total. The number of primary amides is 1. The van der Waals surface area contributed by atoms with E-state index in [9.17, 15) is 4.79 Å². The van der Waals surface area contributed by atoms with Gasteiger partial charge in [-0.1, -0.05) is 37.3 Å². The van der Waals surface area contributed by atoms with Gasteiger partial charge in [0.25, 0.3) is 0 Å². The molecule has 0 spiro atoms. The van der Waals surface area contributed by atoms with Crippen molar-refractivity contribution in [1.29, 1.82) is 0 Å². The number of hydrogen-bond donors (Lipinski definition) is 2. The third kappa shape index (κ3) is 3.53. The van der Waals surface area contributed by atoms with Gasteiger partial charge in [0.1, 0.15) is 5.75 Å². The Kier molecular flexibility index (Phi) is 5.08. The Labute approximate surface area is 148 Å². The van der Waals surface area contributed by atoms with Crippen LogP contribution in [-0.2, 0) is 11.2 Å². The van der Waals surface area contributed by atoms with Gasteiger partial charge in [-0.05, 0) is 42.2 Å². The summed E-state index contributed by atoms with van der Waals surface area (Å²) in [6.45, 7) is 4.73. The Hall–Kier alpha value is -2.75. The molecule has 3 rings (SSSR count). The van der Waals surface area contributed by atoms with Gasteiger partial charge in [0, 0.05) is 29.4 Å². The number of hydrogen-bond acceptors (Lipinski definition) is 2. The monoisotopic (exact) mass is 336 g/mol. The van der Waals surface area contributed by atoms with E-state index in [0.29, 0.717) is 6.61 Å². The second-order valence-electron chi connectivity index (χ2n) is 6.16. The number of H-pyrrole nitrogens is 1. The number of aromatic amines is 1. The highest BCUT2D eigenvalue weighted by molar-refractivity contribution is 5.88.